The first-order valence-corrected chi connectivity index (χ1v) is 15.3. The summed E-state index contributed by atoms with van der Waals surface area (Å²) in [4.78, 5) is 27.3. The average Bonchev–Trinajstić information content (AvgIpc) is 3.62. The summed E-state index contributed by atoms with van der Waals surface area (Å²) in [5.74, 6) is 0. The van der Waals surface area contributed by atoms with E-state index < -0.39 is 20.0 Å². The van der Waals surface area contributed by atoms with Crippen LogP contribution in [-0.2, 0) is 26.7 Å². The summed E-state index contributed by atoms with van der Waals surface area (Å²) >= 11 is 0. The van der Waals surface area contributed by atoms with Gasteiger partial charge in [-0.1, -0.05) is 35.4 Å². The number of fused-ring (bicyclic) bond motifs is 2. The van der Waals surface area contributed by atoms with E-state index in [9.17, 15) is 21.6 Å². The first kappa shape index (κ1) is 28.7. The molecule has 0 saturated heterocycles. The molecule has 12 nitrogen and oxygen atoms in total. The molecule has 214 valence electrons. The summed E-state index contributed by atoms with van der Waals surface area (Å²) in [5, 5.41) is 9.04. The normalized spacial score (nSPS) is 11.8. The number of nitrogens with zero attached hydrogens (tertiary/aromatic N) is 6. The SMILES string of the molecule is Cc1ccc(S(=O)(=O)n2ccc3nc(C=O)cnc32)cc1.Cc1ccc(S(=O)(=O)n2ccc3nc(CO)cnc32)cc1. The van der Waals surface area contributed by atoms with Gasteiger partial charge in [0.25, 0.3) is 20.0 Å². The predicted octanol–water partition coefficient (Wildman–Crippen LogP) is 3.26. The fourth-order valence-electron chi connectivity index (χ4n) is 4.00. The lowest BCUT2D eigenvalue weighted by atomic mass is 10.2. The maximum atomic E-state index is 12.6. The number of aldehydes is 1. The van der Waals surface area contributed by atoms with Crippen LogP contribution in [0.2, 0.25) is 0 Å². The van der Waals surface area contributed by atoms with Crippen LogP contribution in [0.15, 0.2) is 95.2 Å². The monoisotopic (exact) mass is 604 g/mol. The molecule has 0 aliphatic carbocycles. The Hall–Kier alpha value is -4.79. The zero-order chi connectivity index (χ0) is 30.1. The number of aliphatic hydroxyl groups excluding tert-OH is 1. The number of aromatic nitrogens is 6. The van der Waals surface area contributed by atoms with Crippen molar-refractivity contribution < 1.29 is 26.7 Å². The Morgan fingerprint density at radius 1 is 0.690 bits per heavy atom. The van der Waals surface area contributed by atoms with E-state index in [0.29, 0.717) is 23.0 Å². The molecular weight excluding hydrogens is 580 g/mol. The van der Waals surface area contributed by atoms with E-state index in [0.717, 1.165) is 19.1 Å². The molecule has 0 amide bonds. The van der Waals surface area contributed by atoms with E-state index in [-0.39, 0.29) is 33.4 Å². The van der Waals surface area contributed by atoms with Gasteiger partial charge in [0.1, 0.15) is 16.7 Å². The van der Waals surface area contributed by atoms with Gasteiger partial charge in [-0.15, -0.1) is 0 Å². The van der Waals surface area contributed by atoms with Crippen molar-refractivity contribution >= 4 is 48.7 Å². The van der Waals surface area contributed by atoms with Gasteiger partial charge in [0.2, 0.25) is 0 Å². The Morgan fingerprint density at radius 3 is 1.60 bits per heavy atom. The number of hydrogen-bond acceptors (Lipinski definition) is 10. The highest BCUT2D eigenvalue weighted by Gasteiger charge is 2.21. The van der Waals surface area contributed by atoms with Crippen molar-refractivity contribution in [3.05, 3.63) is 108 Å². The Bertz CT molecular complexity index is 2140. The van der Waals surface area contributed by atoms with Gasteiger partial charge in [-0.25, -0.2) is 44.7 Å². The minimum Gasteiger partial charge on any atom is -0.390 e. The third-order valence-electron chi connectivity index (χ3n) is 6.22. The maximum absolute atomic E-state index is 12.6. The molecule has 0 unspecified atom stereocenters. The van der Waals surface area contributed by atoms with E-state index in [1.807, 2.05) is 13.8 Å². The highest BCUT2D eigenvalue weighted by molar-refractivity contribution is 7.90. The molecule has 0 bridgehead atoms. The molecule has 14 heteroatoms. The van der Waals surface area contributed by atoms with Crippen LogP contribution in [0, 0.1) is 13.8 Å². The van der Waals surface area contributed by atoms with Crippen molar-refractivity contribution in [2.45, 2.75) is 30.2 Å². The number of benzene rings is 2. The smallest absolute Gasteiger partial charge is 0.269 e. The molecular formula is C28H24N6O6S2. The van der Waals surface area contributed by atoms with Crippen molar-refractivity contribution in [1.29, 1.82) is 0 Å². The van der Waals surface area contributed by atoms with E-state index in [4.69, 9.17) is 5.11 Å². The van der Waals surface area contributed by atoms with Crippen molar-refractivity contribution in [3.8, 4) is 0 Å². The van der Waals surface area contributed by atoms with Crippen LogP contribution in [0.4, 0.5) is 0 Å². The third kappa shape index (κ3) is 5.42. The van der Waals surface area contributed by atoms with E-state index in [1.165, 1.54) is 30.9 Å². The second-order valence-electron chi connectivity index (χ2n) is 9.21. The Morgan fingerprint density at radius 2 is 1.14 bits per heavy atom. The standard InChI is InChI=1S/C14H13N3O3S.C14H11N3O3S/c2*1-10-2-4-12(5-3-10)21(19,20)17-7-6-13-14(17)15-8-11(9-18)16-13/h2-8,18H,9H2,1H3;2-9H,1H3. The van der Waals surface area contributed by atoms with Gasteiger partial charge < -0.3 is 5.11 Å². The Balaban J connectivity index is 0.000000168. The molecule has 0 aliphatic rings. The molecule has 0 aliphatic heterocycles. The molecule has 6 rings (SSSR count). The molecule has 4 aromatic heterocycles. The molecule has 1 N–H and O–H groups in total. The van der Waals surface area contributed by atoms with E-state index in [2.05, 4.69) is 19.9 Å². The first-order valence-electron chi connectivity index (χ1n) is 12.4. The van der Waals surface area contributed by atoms with Crippen molar-refractivity contribution in [1.82, 2.24) is 27.9 Å². The van der Waals surface area contributed by atoms with Crippen LogP contribution in [0.25, 0.3) is 22.3 Å². The van der Waals surface area contributed by atoms with Crippen LogP contribution in [0.1, 0.15) is 27.3 Å². The van der Waals surface area contributed by atoms with Crippen LogP contribution >= 0.6 is 0 Å². The lowest BCUT2D eigenvalue weighted by molar-refractivity contribution is 0.111. The minimum absolute atomic E-state index is 0.160. The van der Waals surface area contributed by atoms with Gasteiger partial charge in [-0.2, -0.15) is 0 Å². The predicted molar refractivity (Wildman–Crippen MR) is 154 cm³/mol. The molecule has 0 atom stereocenters. The summed E-state index contributed by atoms with van der Waals surface area (Å²) in [6.07, 6.45) is 5.98. The van der Waals surface area contributed by atoms with Crippen LogP contribution < -0.4 is 0 Å². The fraction of sp³-hybridized carbons (Fsp3) is 0.107. The second-order valence-corrected chi connectivity index (χ2v) is 12.8. The summed E-state index contributed by atoms with van der Waals surface area (Å²) in [6.45, 7) is 3.54. The third-order valence-corrected chi connectivity index (χ3v) is 9.58. The van der Waals surface area contributed by atoms with Crippen LogP contribution in [0.3, 0.4) is 0 Å². The molecule has 42 heavy (non-hydrogen) atoms. The molecule has 6 aromatic rings. The number of hydrogen-bond donors (Lipinski definition) is 1. The average molecular weight is 605 g/mol. The van der Waals surface area contributed by atoms with Gasteiger partial charge in [-0.3, -0.25) is 4.79 Å². The minimum atomic E-state index is -3.73. The van der Waals surface area contributed by atoms with Crippen molar-refractivity contribution in [2.75, 3.05) is 0 Å². The highest BCUT2D eigenvalue weighted by atomic mass is 32.2. The molecule has 0 radical (unpaired) electrons. The molecule has 0 fully saturated rings. The molecule has 4 heterocycles. The quantitative estimate of drug-likeness (QED) is 0.279. The topological polar surface area (TPSA) is 167 Å². The summed E-state index contributed by atoms with van der Waals surface area (Å²) < 4.78 is 52.6. The van der Waals surface area contributed by atoms with Gasteiger partial charge in [0.15, 0.2) is 17.6 Å². The number of aliphatic hydroxyl groups is 1. The second kappa shape index (κ2) is 11.2. The lowest BCUT2D eigenvalue weighted by Gasteiger charge is -2.07. The fourth-order valence-corrected chi connectivity index (χ4v) is 6.59. The van der Waals surface area contributed by atoms with E-state index in [1.54, 1.807) is 54.6 Å². The highest BCUT2D eigenvalue weighted by Crippen LogP contribution is 2.21. The maximum Gasteiger partial charge on any atom is 0.269 e. The zero-order valence-electron chi connectivity index (χ0n) is 22.4. The van der Waals surface area contributed by atoms with Gasteiger partial charge in [0.05, 0.1) is 34.5 Å². The molecule has 0 saturated carbocycles. The Kier molecular flexibility index (Phi) is 7.69. The van der Waals surface area contributed by atoms with Crippen LogP contribution in [0.5, 0.6) is 0 Å². The lowest BCUT2D eigenvalue weighted by Crippen LogP contribution is -2.12. The van der Waals surface area contributed by atoms with E-state index >= 15 is 0 Å². The van der Waals surface area contributed by atoms with Gasteiger partial charge >= 0.3 is 0 Å². The zero-order valence-corrected chi connectivity index (χ0v) is 24.0. The Labute approximate surface area is 241 Å². The molecule has 2 aromatic carbocycles. The first-order chi connectivity index (χ1) is 20.0. The number of rotatable bonds is 6. The van der Waals surface area contributed by atoms with Crippen LogP contribution in [-0.4, -0.2) is 56.1 Å². The molecule has 0 spiro atoms. The van der Waals surface area contributed by atoms with Crippen molar-refractivity contribution in [3.63, 3.8) is 0 Å². The summed E-state index contributed by atoms with van der Waals surface area (Å²) in [6, 6.07) is 16.2. The number of aryl methyl sites for hydroxylation is 2. The summed E-state index contributed by atoms with van der Waals surface area (Å²) in [5.41, 5.74) is 3.74. The van der Waals surface area contributed by atoms with Crippen molar-refractivity contribution in [2.24, 2.45) is 0 Å². The number of carbonyl (C=O) groups excluding carboxylic acids is 1. The number of carbonyl (C=O) groups is 1. The summed E-state index contributed by atoms with van der Waals surface area (Å²) in [7, 11) is -7.44. The van der Waals surface area contributed by atoms with Gasteiger partial charge in [0, 0.05) is 12.4 Å². The largest absolute Gasteiger partial charge is 0.390 e. The van der Waals surface area contributed by atoms with Gasteiger partial charge in [-0.05, 0) is 50.2 Å².